The van der Waals surface area contributed by atoms with Gasteiger partial charge in [0.05, 0.1) is 25.9 Å². The van der Waals surface area contributed by atoms with E-state index in [1.165, 1.54) is 7.11 Å². The lowest BCUT2D eigenvalue weighted by Crippen LogP contribution is -2.39. The van der Waals surface area contributed by atoms with Gasteiger partial charge in [0.25, 0.3) is 0 Å². The summed E-state index contributed by atoms with van der Waals surface area (Å²) in [5.74, 6) is 0.872. The van der Waals surface area contributed by atoms with Gasteiger partial charge in [-0.25, -0.2) is 9.78 Å². The average Bonchev–Trinajstić information content (AvgIpc) is 2.68. The summed E-state index contributed by atoms with van der Waals surface area (Å²) in [6.45, 7) is 7.11. The normalized spacial score (nSPS) is 14.6. The minimum Gasteiger partial charge on any atom is -0.465 e. The highest BCUT2D eigenvalue weighted by atomic mass is 16.5. The fraction of sp³-hybridized carbons (Fsp3) is 0.421. The van der Waals surface area contributed by atoms with Gasteiger partial charge in [-0.05, 0) is 25.1 Å². The van der Waals surface area contributed by atoms with Crippen LogP contribution in [0.3, 0.4) is 0 Å². The number of aryl methyl sites for hydroxylation is 1. The Morgan fingerprint density at radius 2 is 2.07 bits per heavy atom. The Balaban J connectivity index is 1.62. The fourth-order valence-corrected chi connectivity index (χ4v) is 2.85. The third kappa shape index (κ3) is 5.63. The molecule has 2 aromatic rings. The molecule has 0 spiro atoms. The Kier molecular flexibility index (Phi) is 6.56. The standard InChI is InChI=1S/C19H25N5O3/c1-14-12-17(22-16-5-3-4-15(13-16)18(25)26-2)23-19(21-14)20-6-7-24-8-10-27-11-9-24/h3-5,12-13H,6-11H2,1-2H3,(H2,20,21,22,23). The highest BCUT2D eigenvalue weighted by Crippen LogP contribution is 2.18. The van der Waals surface area contributed by atoms with Crippen LogP contribution in [0.1, 0.15) is 16.1 Å². The second-order valence-corrected chi connectivity index (χ2v) is 6.30. The number of anilines is 3. The molecule has 0 aliphatic carbocycles. The number of aromatic nitrogens is 2. The van der Waals surface area contributed by atoms with E-state index in [4.69, 9.17) is 9.47 Å². The van der Waals surface area contributed by atoms with Gasteiger partial charge in [-0.3, -0.25) is 4.90 Å². The van der Waals surface area contributed by atoms with Crippen molar-refractivity contribution in [3.63, 3.8) is 0 Å². The van der Waals surface area contributed by atoms with Gasteiger partial charge in [-0.15, -0.1) is 0 Å². The number of nitrogens with one attached hydrogen (secondary N) is 2. The molecule has 1 saturated heterocycles. The first-order valence-electron chi connectivity index (χ1n) is 8.99. The van der Waals surface area contributed by atoms with Gasteiger partial charge in [-0.2, -0.15) is 4.98 Å². The summed E-state index contributed by atoms with van der Waals surface area (Å²) in [4.78, 5) is 23.0. The molecule has 0 atom stereocenters. The second kappa shape index (κ2) is 9.29. The molecule has 0 saturated carbocycles. The van der Waals surface area contributed by atoms with Crippen molar-refractivity contribution in [1.82, 2.24) is 14.9 Å². The summed E-state index contributed by atoms with van der Waals surface area (Å²) in [6, 6.07) is 8.97. The summed E-state index contributed by atoms with van der Waals surface area (Å²) < 4.78 is 10.1. The van der Waals surface area contributed by atoms with E-state index in [0.29, 0.717) is 17.3 Å². The molecule has 2 N–H and O–H groups in total. The maximum atomic E-state index is 11.7. The van der Waals surface area contributed by atoms with E-state index in [1.807, 2.05) is 19.1 Å². The van der Waals surface area contributed by atoms with Gasteiger partial charge in [0.15, 0.2) is 0 Å². The SMILES string of the molecule is COC(=O)c1cccc(Nc2cc(C)nc(NCCN3CCOCC3)n2)c1. The molecule has 8 heteroatoms. The van der Waals surface area contributed by atoms with Crippen LogP contribution in [0.15, 0.2) is 30.3 Å². The Morgan fingerprint density at radius 3 is 2.85 bits per heavy atom. The third-order valence-corrected chi connectivity index (χ3v) is 4.23. The molecule has 0 bridgehead atoms. The summed E-state index contributed by atoms with van der Waals surface area (Å²) in [5, 5.41) is 6.50. The Morgan fingerprint density at radius 1 is 1.26 bits per heavy atom. The van der Waals surface area contributed by atoms with Crippen LogP contribution in [-0.2, 0) is 9.47 Å². The minimum atomic E-state index is -0.372. The van der Waals surface area contributed by atoms with E-state index >= 15 is 0 Å². The van der Waals surface area contributed by atoms with E-state index in [0.717, 1.165) is 50.8 Å². The van der Waals surface area contributed by atoms with Crippen LogP contribution < -0.4 is 10.6 Å². The number of morpholine rings is 1. The molecule has 1 aromatic heterocycles. The zero-order valence-corrected chi connectivity index (χ0v) is 15.7. The van der Waals surface area contributed by atoms with Crippen molar-refractivity contribution in [2.45, 2.75) is 6.92 Å². The monoisotopic (exact) mass is 371 g/mol. The van der Waals surface area contributed by atoms with Crippen LogP contribution >= 0.6 is 0 Å². The van der Waals surface area contributed by atoms with Gasteiger partial charge in [0, 0.05) is 43.6 Å². The number of hydrogen-bond acceptors (Lipinski definition) is 8. The maximum absolute atomic E-state index is 11.7. The molecular weight excluding hydrogens is 346 g/mol. The smallest absolute Gasteiger partial charge is 0.337 e. The van der Waals surface area contributed by atoms with Crippen LogP contribution in [0, 0.1) is 6.92 Å². The second-order valence-electron chi connectivity index (χ2n) is 6.30. The number of rotatable bonds is 7. The topological polar surface area (TPSA) is 88.6 Å². The summed E-state index contributed by atoms with van der Waals surface area (Å²) in [6.07, 6.45) is 0. The number of ether oxygens (including phenoxy) is 2. The molecular formula is C19H25N5O3. The summed E-state index contributed by atoms with van der Waals surface area (Å²) in [5.41, 5.74) is 2.10. The molecule has 27 heavy (non-hydrogen) atoms. The summed E-state index contributed by atoms with van der Waals surface area (Å²) >= 11 is 0. The van der Waals surface area contributed by atoms with Crippen molar-refractivity contribution in [3.8, 4) is 0 Å². The van der Waals surface area contributed by atoms with Crippen molar-refractivity contribution in [2.24, 2.45) is 0 Å². The highest BCUT2D eigenvalue weighted by molar-refractivity contribution is 5.90. The van der Waals surface area contributed by atoms with Gasteiger partial charge < -0.3 is 20.1 Å². The van der Waals surface area contributed by atoms with Crippen molar-refractivity contribution >= 4 is 23.4 Å². The van der Waals surface area contributed by atoms with E-state index in [1.54, 1.807) is 18.2 Å². The Bertz CT molecular complexity index is 778. The van der Waals surface area contributed by atoms with Crippen LogP contribution in [0.2, 0.25) is 0 Å². The van der Waals surface area contributed by atoms with Crippen molar-refractivity contribution in [1.29, 1.82) is 0 Å². The van der Waals surface area contributed by atoms with Crippen molar-refractivity contribution in [2.75, 3.05) is 57.1 Å². The zero-order chi connectivity index (χ0) is 19.1. The molecule has 1 fully saturated rings. The van der Waals surface area contributed by atoms with E-state index in [9.17, 15) is 4.79 Å². The number of methoxy groups -OCH3 is 1. The van der Waals surface area contributed by atoms with Crippen molar-refractivity contribution in [3.05, 3.63) is 41.6 Å². The molecule has 1 aliphatic heterocycles. The van der Waals surface area contributed by atoms with E-state index in [-0.39, 0.29) is 5.97 Å². The number of nitrogens with zero attached hydrogens (tertiary/aromatic N) is 3. The lowest BCUT2D eigenvalue weighted by molar-refractivity contribution is 0.0398. The third-order valence-electron chi connectivity index (χ3n) is 4.23. The van der Waals surface area contributed by atoms with Crippen molar-refractivity contribution < 1.29 is 14.3 Å². The molecule has 0 amide bonds. The molecule has 0 unspecified atom stereocenters. The lowest BCUT2D eigenvalue weighted by atomic mass is 10.2. The largest absolute Gasteiger partial charge is 0.465 e. The van der Waals surface area contributed by atoms with Gasteiger partial charge in [0.2, 0.25) is 5.95 Å². The number of carbonyl (C=O) groups excluding carboxylic acids is 1. The predicted molar refractivity (Wildman–Crippen MR) is 104 cm³/mol. The number of hydrogen-bond donors (Lipinski definition) is 2. The first-order valence-corrected chi connectivity index (χ1v) is 8.99. The number of carbonyl (C=O) groups is 1. The Hall–Kier alpha value is -2.71. The zero-order valence-electron chi connectivity index (χ0n) is 15.7. The molecule has 1 aliphatic rings. The average molecular weight is 371 g/mol. The van der Waals surface area contributed by atoms with E-state index < -0.39 is 0 Å². The number of benzene rings is 1. The minimum absolute atomic E-state index is 0.372. The van der Waals surface area contributed by atoms with Crippen LogP contribution in [0.5, 0.6) is 0 Å². The maximum Gasteiger partial charge on any atom is 0.337 e. The Labute approximate surface area is 158 Å². The molecule has 3 rings (SSSR count). The van der Waals surface area contributed by atoms with Gasteiger partial charge in [-0.1, -0.05) is 6.07 Å². The fourth-order valence-electron chi connectivity index (χ4n) is 2.85. The molecule has 144 valence electrons. The van der Waals surface area contributed by atoms with Gasteiger partial charge in [0.1, 0.15) is 5.82 Å². The summed E-state index contributed by atoms with van der Waals surface area (Å²) in [7, 11) is 1.37. The number of esters is 1. The predicted octanol–water partition coefficient (Wildman–Crippen LogP) is 2.06. The lowest BCUT2D eigenvalue weighted by Gasteiger charge is -2.26. The first kappa shape index (κ1) is 19.1. The molecule has 1 aromatic carbocycles. The van der Waals surface area contributed by atoms with E-state index in [2.05, 4.69) is 25.5 Å². The molecule has 2 heterocycles. The molecule has 8 nitrogen and oxygen atoms in total. The van der Waals surface area contributed by atoms with Crippen LogP contribution in [-0.4, -0.2) is 67.3 Å². The van der Waals surface area contributed by atoms with Crippen LogP contribution in [0.25, 0.3) is 0 Å². The highest BCUT2D eigenvalue weighted by Gasteiger charge is 2.10. The molecule has 0 radical (unpaired) electrons. The van der Waals surface area contributed by atoms with Crippen LogP contribution in [0.4, 0.5) is 17.5 Å². The van der Waals surface area contributed by atoms with Gasteiger partial charge >= 0.3 is 5.97 Å². The first-order chi connectivity index (χ1) is 13.1. The quantitative estimate of drug-likeness (QED) is 0.715.